The van der Waals surface area contributed by atoms with Gasteiger partial charge in [-0.2, -0.15) is 0 Å². The van der Waals surface area contributed by atoms with Gasteiger partial charge in [0.15, 0.2) is 0 Å². The monoisotopic (exact) mass is 152 g/mol. The third kappa shape index (κ3) is 0.952. The van der Waals surface area contributed by atoms with E-state index in [2.05, 4.69) is 10.6 Å². The van der Waals surface area contributed by atoms with Crippen LogP contribution < -0.4 is 10.6 Å². The fourth-order valence-corrected chi connectivity index (χ4v) is 1.32. The van der Waals surface area contributed by atoms with Gasteiger partial charge in [-0.05, 0) is 6.42 Å². The van der Waals surface area contributed by atoms with Gasteiger partial charge < -0.3 is 0 Å². The van der Waals surface area contributed by atoms with E-state index in [-0.39, 0.29) is 23.9 Å². The SMILES string of the molecule is O=C1NC(=O)C2CC=CC1N2. The van der Waals surface area contributed by atoms with Crippen molar-refractivity contribution in [2.24, 2.45) is 0 Å². The molecular weight excluding hydrogens is 144 g/mol. The number of hydrogen-bond donors (Lipinski definition) is 2. The van der Waals surface area contributed by atoms with Crippen molar-refractivity contribution in [2.45, 2.75) is 18.5 Å². The number of carbonyl (C=O) groups excluding carboxylic acids is 2. The van der Waals surface area contributed by atoms with Crippen LogP contribution in [0.1, 0.15) is 6.42 Å². The molecule has 58 valence electrons. The van der Waals surface area contributed by atoms with Crippen molar-refractivity contribution in [3.8, 4) is 0 Å². The molecule has 0 aromatic carbocycles. The van der Waals surface area contributed by atoms with Crippen LogP contribution in [0.2, 0.25) is 0 Å². The molecule has 4 nitrogen and oxygen atoms in total. The van der Waals surface area contributed by atoms with E-state index in [1.807, 2.05) is 6.08 Å². The Morgan fingerprint density at radius 1 is 1.36 bits per heavy atom. The molecular formula is C7H8N2O2. The lowest BCUT2D eigenvalue weighted by Crippen LogP contribution is -2.62. The zero-order valence-corrected chi connectivity index (χ0v) is 5.83. The van der Waals surface area contributed by atoms with E-state index in [1.54, 1.807) is 6.08 Å². The fourth-order valence-electron chi connectivity index (χ4n) is 1.32. The molecule has 2 N–H and O–H groups in total. The highest BCUT2D eigenvalue weighted by Gasteiger charge is 2.33. The molecule has 0 aliphatic carbocycles. The van der Waals surface area contributed by atoms with E-state index < -0.39 is 0 Å². The van der Waals surface area contributed by atoms with Gasteiger partial charge >= 0.3 is 0 Å². The van der Waals surface area contributed by atoms with Gasteiger partial charge in [0.05, 0.1) is 6.04 Å². The smallest absolute Gasteiger partial charge is 0.247 e. The predicted octanol–water partition coefficient (Wildman–Crippen LogP) is -1.07. The molecule has 0 aromatic rings. The van der Waals surface area contributed by atoms with Crippen LogP contribution in [0.25, 0.3) is 0 Å². The van der Waals surface area contributed by atoms with Gasteiger partial charge in [0, 0.05) is 0 Å². The van der Waals surface area contributed by atoms with E-state index in [1.165, 1.54) is 0 Å². The van der Waals surface area contributed by atoms with E-state index in [0.29, 0.717) is 6.42 Å². The lowest BCUT2D eigenvalue weighted by molar-refractivity contribution is -0.136. The van der Waals surface area contributed by atoms with Crippen LogP contribution in [0.3, 0.4) is 0 Å². The van der Waals surface area contributed by atoms with E-state index in [4.69, 9.17) is 0 Å². The second-order valence-corrected chi connectivity index (χ2v) is 2.71. The van der Waals surface area contributed by atoms with Crippen LogP contribution in [-0.4, -0.2) is 23.9 Å². The molecule has 2 aliphatic heterocycles. The average molecular weight is 152 g/mol. The summed E-state index contributed by atoms with van der Waals surface area (Å²) in [5, 5.41) is 5.19. The van der Waals surface area contributed by atoms with Gasteiger partial charge in [0.2, 0.25) is 11.8 Å². The lowest BCUT2D eigenvalue weighted by atomic mass is 10.0. The van der Waals surface area contributed by atoms with Crippen LogP contribution >= 0.6 is 0 Å². The number of hydrogen-bond acceptors (Lipinski definition) is 3. The molecule has 2 amide bonds. The summed E-state index contributed by atoms with van der Waals surface area (Å²) in [5.41, 5.74) is 0. The Bertz CT molecular complexity index is 247. The molecule has 11 heavy (non-hydrogen) atoms. The van der Waals surface area contributed by atoms with Crippen molar-refractivity contribution in [1.29, 1.82) is 0 Å². The zero-order valence-electron chi connectivity index (χ0n) is 5.83. The van der Waals surface area contributed by atoms with E-state index in [0.717, 1.165) is 0 Å². The van der Waals surface area contributed by atoms with Gasteiger partial charge in [0.25, 0.3) is 0 Å². The fraction of sp³-hybridized carbons (Fsp3) is 0.429. The summed E-state index contributed by atoms with van der Waals surface area (Å²) in [7, 11) is 0. The Morgan fingerprint density at radius 2 is 2.18 bits per heavy atom. The van der Waals surface area contributed by atoms with E-state index >= 15 is 0 Å². The van der Waals surface area contributed by atoms with Crippen LogP contribution in [0.15, 0.2) is 12.2 Å². The molecule has 2 rings (SSSR count). The van der Waals surface area contributed by atoms with Gasteiger partial charge in [-0.3, -0.25) is 20.2 Å². The molecule has 2 heterocycles. The second-order valence-electron chi connectivity index (χ2n) is 2.71. The second kappa shape index (κ2) is 2.17. The summed E-state index contributed by atoms with van der Waals surface area (Å²) in [6, 6.07) is -0.505. The largest absolute Gasteiger partial charge is 0.293 e. The number of rotatable bonds is 0. The molecule has 2 aliphatic rings. The van der Waals surface area contributed by atoms with Crippen molar-refractivity contribution in [3.63, 3.8) is 0 Å². The van der Waals surface area contributed by atoms with Crippen LogP contribution in [0, 0.1) is 0 Å². The first-order chi connectivity index (χ1) is 5.27. The maximum absolute atomic E-state index is 11.0. The highest BCUT2D eigenvalue weighted by molar-refractivity contribution is 6.04. The molecule has 4 heteroatoms. The Labute approximate surface area is 63.7 Å². The molecule has 0 spiro atoms. The first-order valence-corrected chi connectivity index (χ1v) is 3.55. The first-order valence-electron chi connectivity index (χ1n) is 3.55. The summed E-state index contributed by atoms with van der Waals surface area (Å²) >= 11 is 0. The van der Waals surface area contributed by atoms with Gasteiger partial charge in [-0.1, -0.05) is 12.2 Å². The van der Waals surface area contributed by atoms with Crippen molar-refractivity contribution >= 4 is 11.8 Å². The minimum absolute atomic E-state index is 0.206. The average Bonchev–Trinajstić information content (AvgIpc) is 2.02. The van der Waals surface area contributed by atoms with Crippen molar-refractivity contribution < 1.29 is 9.59 Å². The number of amides is 2. The van der Waals surface area contributed by atoms with Crippen molar-refractivity contribution in [1.82, 2.24) is 10.6 Å². The quantitative estimate of drug-likeness (QED) is 0.343. The molecule has 1 saturated heterocycles. The lowest BCUT2D eigenvalue weighted by Gasteiger charge is -2.30. The number of fused-ring (bicyclic) bond motifs is 2. The molecule has 2 atom stereocenters. The summed E-state index contributed by atoms with van der Waals surface area (Å²) in [4.78, 5) is 22.0. The highest BCUT2D eigenvalue weighted by atomic mass is 16.2. The molecule has 2 unspecified atom stereocenters. The van der Waals surface area contributed by atoms with Crippen LogP contribution in [0.5, 0.6) is 0 Å². The van der Waals surface area contributed by atoms with Crippen molar-refractivity contribution in [3.05, 3.63) is 12.2 Å². The Morgan fingerprint density at radius 3 is 3.00 bits per heavy atom. The third-order valence-corrected chi connectivity index (χ3v) is 1.93. The van der Waals surface area contributed by atoms with E-state index in [9.17, 15) is 9.59 Å². The van der Waals surface area contributed by atoms with Gasteiger partial charge in [0.1, 0.15) is 6.04 Å². The van der Waals surface area contributed by atoms with Crippen LogP contribution in [0.4, 0.5) is 0 Å². The number of nitrogens with one attached hydrogen (secondary N) is 2. The maximum atomic E-state index is 11.0. The van der Waals surface area contributed by atoms with Gasteiger partial charge in [-0.15, -0.1) is 0 Å². The summed E-state index contributed by atoms with van der Waals surface area (Å²) in [5.74, 6) is -0.460. The normalized spacial score (nSPS) is 35.3. The Balaban J connectivity index is 2.28. The van der Waals surface area contributed by atoms with Gasteiger partial charge in [-0.25, -0.2) is 0 Å². The summed E-state index contributed by atoms with van der Waals surface area (Å²) in [6.07, 6.45) is 4.32. The Hall–Kier alpha value is -1.16. The molecule has 0 radical (unpaired) electrons. The highest BCUT2D eigenvalue weighted by Crippen LogP contribution is 2.09. The minimum atomic E-state index is -0.300. The summed E-state index contributed by atoms with van der Waals surface area (Å²) < 4.78 is 0. The third-order valence-electron chi connectivity index (χ3n) is 1.93. The minimum Gasteiger partial charge on any atom is -0.293 e. The van der Waals surface area contributed by atoms with Crippen LogP contribution in [-0.2, 0) is 9.59 Å². The molecule has 0 aromatic heterocycles. The molecule has 2 bridgehead atoms. The van der Waals surface area contributed by atoms with Crippen molar-refractivity contribution in [2.75, 3.05) is 0 Å². The molecule has 0 saturated carbocycles. The maximum Gasteiger partial charge on any atom is 0.247 e. The predicted molar refractivity (Wildman–Crippen MR) is 37.6 cm³/mol. The Kier molecular flexibility index (Phi) is 1.29. The standard InChI is InChI=1S/C7H8N2O2/c10-6-4-2-1-3-5(8-4)7(11)9-6/h1-2,4-5,8H,3H2,(H,9,10,11). The summed E-state index contributed by atoms with van der Waals surface area (Å²) in [6.45, 7) is 0. The molecule has 1 fully saturated rings. The number of piperazine rings is 1. The number of imide groups is 1. The zero-order chi connectivity index (χ0) is 7.84. The topological polar surface area (TPSA) is 58.2 Å². The first kappa shape index (κ1) is 6.54. The number of carbonyl (C=O) groups is 2.